The van der Waals surface area contributed by atoms with Crippen LogP contribution in [0.1, 0.15) is 11.1 Å². The van der Waals surface area contributed by atoms with Crippen LogP contribution < -0.4 is 17.0 Å². The standard InChI is InChI=1S/C13H12N4O2/c1-16-12(18)6-11(15)17(13(16)19)8-10-4-2-9(7-14)3-5-10/h2-6H,8,15H2,1H3. The van der Waals surface area contributed by atoms with Crippen LogP contribution in [0.2, 0.25) is 0 Å². The monoisotopic (exact) mass is 256 g/mol. The summed E-state index contributed by atoms with van der Waals surface area (Å²) in [4.78, 5) is 23.3. The first kappa shape index (κ1) is 12.6. The number of anilines is 1. The lowest BCUT2D eigenvalue weighted by Crippen LogP contribution is -2.38. The van der Waals surface area contributed by atoms with Gasteiger partial charge < -0.3 is 5.73 Å². The highest BCUT2D eigenvalue weighted by Crippen LogP contribution is 2.06. The Morgan fingerprint density at radius 3 is 2.47 bits per heavy atom. The fourth-order valence-corrected chi connectivity index (χ4v) is 1.71. The van der Waals surface area contributed by atoms with Crippen molar-refractivity contribution in [3.8, 4) is 6.07 Å². The number of nitrogen functional groups attached to an aromatic ring is 1. The van der Waals surface area contributed by atoms with Crippen molar-refractivity contribution in [2.75, 3.05) is 5.73 Å². The Morgan fingerprint density at radius 2 is 1.89 bits per heavy atom. The molecule has 0 bridgehead atoms. The number of nitrogens with two attached hydrogens (primary N) is 1. The summed E-state index contributed by atoms with van der Waals surface area (Å²) < 4.78 is 2.31. The molecule has 1 aromatic heterocycles. The Bertz CT molecular complexity index is 763. The van der Waals surface area contributed by atoms with E-state index in [1.54, 1.807) is 24.3 Å². The summed E-state index contributed by atoms with van der Waals surface area (Å²) in [6.45, 7) is 0.254. The van der Waals surface area contributed by atoms with E-state index in [2.05, 4.69) is 0 Å². The summed E-state index contributed by atoms with van der Waals surface area (Å²) >= 11 is 0. The highest BCUT2D eigenvalue weighted by atomic mass is 16.2. The number of hydrogen-bond acceptors (Lipinski definition) is 4. The Morgan fingerprint density at radius 1 is 1.26 bits per heavy atom. The highest BCUT2D eigenvalue weighted by molar-refractivity contribution is 5.33. The number of hydrogen-bond donors (Lipinski definition) is 1. The molecule has 0 amide bonds. The molecule has 2 N–H and O–H groups in total. The number of aromatic nitrogens is 2. The van der Waals surface area contributed by atoms with Crippen LogP contribution in [-0.2, 0) is 13.6 Å². The molecule has 0 atom stereocenters. The average Bonchev–Trinajstić information content (AvgIpc) is 2.42. The van der Waals surface area contributed by atoms with E-state index in [1.165, 1.54) is 17.7 Å². The van der Waals surface area contributed by atoms with Crippen LogP contribution in [0.3, 0.4) is 0 Å². The molecule has 6 heteroatoms. The van der Waals surface area contributed by atoms with E-state index >= 15 is 0 Å². The second-order valence-electron chi connectivity index (χ2n) is 4.14. The zero-order valence-corrected chi connectivity index (χ0v) is 10.3. The van der Waals surface area contributed by atoms with Gasteiger partial charge in [-0.2, -0.15) is 5.26 Å². The Labute approximate surface area is 108 Å². The lowest BCUT2D eigenvalue weighted by molar-refractivity contribution is 0.655. The van der Waals surface area contributed by atoms with Crippen molar-refractivity contribution in [3.05, 3.63) is 62.3 Å². The van der Waals surface area contributed by atoms with Crippen molar-refractivity contribution in [1.29, 1.82) is 5.26 Å². The Hall–Kier alpha value is -2.81. The van der Waals surface area contributed by atoms with Crippen LogP contribution in [0.15, 0.2) is 39.9 Å². The van der Waals surface area contributed by atoms with Crippen molar-refractivity contribution >= 4 is 5.82 Å². The van der Waals surface area contributed by atoms with Crippen LogP contribution in [0, 0.1) is 11.3 Å². The van der Waals surface area contributed by atoms with Crippen LogP contribution in [0.5, 0.6) is 0 Å². The molecular formula is C13H12N4O2. The summed E-state index contributed by atoms with van der Waals surface area (Å²) in [5.41, 5.74) is 6.17. The summed E-state index contributed by atoms with van der Waals surface area (Å²) in [7, 11) is 1.40. The molecular weight excluding hydrogens is 244 g/mol. The summed E-state index contributed by atoms with van der Waals surface area (Å²) in [5.74, 6) is 0.123. The SMILES string of the molecule is Cn1c(=O)cc(N)n(Cc2ccc(C#N)cc2)c1=O. The summed E-state index contributed by atoms with van der Waals surface area (Å²) in [6.07, 6.45) is 0. The van der Waals surface area contributed by atoms with E-state index < -0.39 is 11.2 Å². The number of nitriles is 1. The molecule has 0 saturated carbocycles. The van der Waals surface area contributed by atoms with Gasteiger partial charge in [0.05, 0.1) is 18.2 Å². The van der Waals surface area contributed by atoms with Gasteiger partial charge >= 0.3 is 5.69 Å². The summed E-state index contributed by atoms with van der Waals surface area (Å²) in [6, 6.07) is 10.1. The first-order chi connectivity index (χ1) is 9.02. The van der Waals surface area contributed by atoms with Gasteiger partial charge in [-0.15, -0.1) is 0 Å². The van der Waals surface area contributed by atoms with Gasteiger partial charge in [0.25, 0.3) is 5.56 Å². The average molecular weight is 256 g/mol. The summed E-state index contributed by atoms with van der Waals surface area (Å²) in [5, 5.41) is 8.71. The van der Waals surface area contributed by atoms with Crippen molar-refractivity contribution < 1.29 is 0 Å². The third-order valence-electron chi connectivity index (χ3n) is 2.86. The van der Waals surface area contributed by atoms with E-state index in [0.29, 0.717) is 5.56 Å². The molecule has 0 radical (unpaired) electrons. The minimum Gasteiger partial charge on any atom is -0.385 e. The maximum atomic E-state index is 11.9. The minimum absolute atomic E-state index is 0.123. The highest BCUT2D eigenvalue weighted by Gasteiger charge is 2.07. The van der Waals surface area contributed by atoms with Crippen LogP contribution in [-0.4, -0.2) is 9.13 Å². The quantitative estimate of drug-likeness (QED) is 0.821. The first-order valence-corrected chi connectivity index (χ1v) is 5.58. The smallest absolute Gasteiger partial charge is 0.332 e. The second kappa shape index (κ2) is 4.82. The van der Waals surface area contributed by atoms with Crippen molar-refractivity contribution in [2.24, 2.45) is 7.05 Å². The van der Waals surface area contributed by atoms with Crippen molar-refractivity contribution in [1.82, 2.24) is 9.13 Å². The lowest BCUT2D eigenvalue weighted by atomic mass is 10.1. The van der Waals surface area contributed by atoms with E-state index in [0.717, 1.165) is 10.1 Å². The van der Waals surface area contributed by atoms with Crippen molar-refractivity contribution in [3.63, 3.8) is 0 Å². The molecule has 0 aliphatic rings. The second-order valence-corrected chi connectivity index (χ2v) is 4.14. The number of rotatable bonds is 2. The Kier molecular flexibility index (Phi) is 3.21. The Balaban J connectivity index is 2.44. The third-order valence-corrected chi connectivity index (χ3v) is 2.86. The maximum absolute atomic E-state index is 11.9. The van der Waals surface area contributed by atoms with Gasteiger partial charge in [-0.05, 0) is 17.7 Å². The van der Waals surface area contributed by atoms with Gasteiger partial charge in [-0.1, -0.05) is 12.1 Å². The predicted molar refractivity (Wildman–Crippen MR) is 70.6 cm³/mol. The topological polar surface area (TPSA) is 93.8 Å². The van der Waals surface area contributed by atoms with Crippen LogP contribution in [0.4, 0.5) is 5.82 Å². The molecule has 1 aromatic carbocycles. The van der Waals surface area contributed by atoms with Gasteiger partial charge in [-0.25, -0.2) is 4.79 Å². The molecule has 1 heterocycles. The number of nitrogens with zero attached hydrogens (tertiary/aromatic N) is 3. The van der Waals surface area contributed by atoms with E-state index in [-0.39, 0.29) is 12.4 Å². The fourth-order valence-electron chi connectivity index (χ4n) is 1.71. The normalized spacial score (nSPS) is 10.1. The molecule has 2 rings (SSSR count). The molecule has 0 fully saturated rings. The minimum atomic E-state index is -0.464. The zero-order valence-electron chi connectivity index (χ0n) is 10.3. The molecule has 0 spiro atoms. The fraction of sp³-hybridized carbons (Fsp3) is 0.154. The largest absolute Gasteiger partial charge is 0.385 e. The van der Waals surface area contributed by atoms with Crippen LogP contribution >= 0.6 is 0 Å². The van der Waals surface area contributed by atoms with Gasteiger partial charge in [0.1, 0.15) is 5.82 Å². The van der Waals surface area contributed by atoms with E-state index in [9.17, 15) is 9.59 Å². The van der Waals surface area contributed by atoms with Crippen LogP contribution in [0.25, 0.3) is 0 Å². The molecule has 0 aliphatic carbocycles. The molecule has 0 saturated heterocycles. The molecule has 2 aromatic rings. The number of benzene rings is 1. The van der Waals surface area contributed by atoms with Gasteiger partial charge in [0, 0.05) is 13.1 Å². The third kappa shape index (κ3) is 2.40. The lowest BCUT2D eigenvalue weighted by Gasteiger charge is -2.10. The van der Waals surface area contributed by atoms with Crippen molar-refractivity contribution in [2.45, 2.75) is 6.54 Å². The molecule has 0 unspecified atom stereocenters. The van der Waals surface area contributed by atoms with E-state index in [4.69, 9.17) is 11.0 Å². The van der Waals surface area contributed by atoms with Gasteiger partial charge in [0.2, 0.25) is 0 Å². The van der Waals surface area contributed by atoms with E-state index in [1.807, 2.05) is 6.07 Å². The predicted octanol–water partition coefficient (Wildman–Crippen LogP) is 0.0492. The zero-order chi connectivity index (χ0) is 14.0. The van der Waals surface area contributed by atoms with Gasteiger partial charge in [-0.3, -0.25) is 13.9 Å². The molecule has 19 heavy (non-hydrogen) atoms. The maximum Gasteiger partial charge on any atom is 0.332 e. The molecule has 6 nitrogen and oxygen atoms in total. The molecule has 0 aliphatic heterocycles. The first-order valence-electron chi connectivity index (χ1n) is 5.58. The van der Waals surface area contributed by atoms with Gasteiger partial charge in [0.15, 0.2) is 0 Å². The molecule has 96 valence electrons.